The highest BCUT2D eigenvalue weighted by molar-refractivity contribution is 6.39. The van der Waals surface area contributed by atoms with Gasteiger partial charge in [0.15, 0.2) is 0 Å². The molecule has 0 saturated carbocycles. The van der Waals surface area contributed by atoms with Gasteiger partial charge in [0.05, 0.1) is 12.1 Å². The van der Waals surface area contributed by atoms with Crippen molar-refractivity contribution in [1.29, 1.82) is 0 Å². The predicted molar refractivity (Wildman–Crippen MR) is 58.7 cm³/mol. The van der Waals surface area contributed by atoms with E-state index in [1.807, 2.05) is 0 Å². The van der Waals surface area contributed by atoms with Gasteiger partial charge in [-0.05, 0) is 13.8 Å². The van der Waals surface area contributed by atoms with Gasteiger partial charge in [0, 0.05) is 19.9 Å². The van der Waals surface area contributed by atoms with Crippen LogP contribution in [0.25, 0.3) is 0 Å². The molecule has 1 heterocycles. The van der Waals surface area contributed by atoms with Crippen LogP contribution < -0.4 is 5.43 Å². The maximum absolute atomic E-state index is 11.9. The Kier molecular flexibility index (Phi) is 3.64. The maximum Gasteiger partial charge on any atom is 0.270 e. The largest absolute Gasteiger partial charge is 0.394 e. The number of likely N-dealkylation sites (N-methyl/N-ethyl adjacent to an activating group) is 1. The summed E-state index contributed by atoms with van der Waals surface area (Å²) in [7, 11) is 1.61. The average Bonchev–Trinajstić information content (AvgIpc) is 2.28. The number of aliphatic hydroxyl groups is 1. The Labute approximate surface area is 94.3 Å². The van der Waals surface area contributed by atoms with Crippen LogP contribution in [0.15, 0.2) is 5.10 Å². The van der Waals surface area contributed by atoms with E-state index in [0.29, 0.717) is 12.1 Å². The third kappa shape index (κ3) is 2.57. The molecule has 0 saturated heterocycles. The molecule has 0 aliphatic carbocycles. The summed E-state index contributed by atoms with van der Waals surface area (Å²) in [5.74, 6) is -0.445. The number of hydrogen-bond donors (Lipinski definition) is 2. The Morgan fingerprint density at radius 3 is 2.62 bits per heavy atom. The van der Waals surface area contributed by atoms with Crippen LogP contribution in [-0.4, -0.2) is 46.7 Å². The molecule has 0 fully saturated rings. The van der Waals surface area contributed by atoms with Crippen LogP contribution in [0.4, 0.5) is 0 Å². The summed E-state index contributed by atoms with van der Waals surface area (Å²) >= 11 is 0. The molecule has 6 heteroatoms. The maximum atomic E-state index is 11.9. The summed E-state index contributed by atoms with van der Waals surface area (Å²) in [6.07, 6.45) is 0.620. The molecule has 0 aromatic rings. The zero-order chi connectivity index (χ0) is 12.3. The van der Waals surface area contributed by atoms with Crippen molar-refractivity contribution in [3.63, 3.8) is 0 Å². The van der Waals surface area contributed by atoms with Gasteiger partial charge < -0.3 is 10.0 Å². The Bertz CT molecular complexity index is 336. The quantitative estimate of drug-likeness (QED) is 0.680. The Hall–Kier alpha value is -1.43. The minimum atomic E-state index is -0.638. The average molecular weight is 227 g/mol. The van der Waals surface area contributed by atoms with Crippen LogP contribution in [0.1, 0.15) is 26.7 Å². The van der Waals surface area contributed by atoms with Crippen LogP contribution in [0.3, 0.4) is 0 Å². The molecule has 1 rings (SSSR count). The number of hydrazone groups is 1. The number of nitrogens with zero attached hydrogens (tertiary/aromatic N) is 2. The molecule has 6 nitrogen and oxygen atoms in total. The Morgan fingerprint density at radius 1 is 1.56 bits per heavy atom. The van der Waals surface area contributed by atoms with E-state index >= 15 is 0 Å². The lowest BCUT2D eigenvalue weighted by molar-refractivity contribution is -0.129. The zero-order valence-corrected chi connectivity index (χ0v) is 9.78. The van der Waals surface area contributed by atoms with Crippen molar-refractivity contribution in [2.75, 3.05) is 13.7 Å². The van der Waals surface area contributed by atoms with Gasteiger partial charge in [-0.3, -0.25) is 9.59 Å². The summed E-state index contributed by atoms with van der Waals surface area (Å²) in [5.41, 5.74) is 1.96. The number of aliphatic hydroxyl groups excluding tert-OH is 1. The third-order valence-electron chi connectivity index (χ3n) is 2.75. The second-order valence-electron chi connectivity index (χ2n) is 4.43. The Balaban J connectivity index is 2.75. The first-order chi connectivity index (χ1) is 7.38. The SMILES string of the molecule is CN(C(=O)C1=NNC(=O)CC1)C(C)(C)CO. The molecule has 0 atom stereocenters. The van der Waals surface area contributed by atoms with E-state index in [9.17, 15) is 9.59 Å². The fourth-order valence-corrected chi connectivity index (χ4v) is 1.20. The topological polar surface area (TPSA) is 82.0 Å². The summed E-state index contributed by atoms with van der Waals surface area (Å²) in [6, 6.07) is 0. The summed E-state index contributed by atoms with van der Waals surface area (Å²) < 4.78 is 0. The van der Waals surface area contributed by atoms with E-state index in [0.717, 1.165) is 0 Å². The monoisotopic (exact) mass is 227 g/mol. The molecule has 0 aromatic carbocycles. The van der Waals surface area contributed by atoms with E-state index in [2.05, 4.69) is 10.5 Å². The molecule has 0 unspecified atom stereocenters. The molecule has 1 aliphatic heterocycles. The van der Waals surface area contributed by atoms with Crippen molar-refractivity contribution in [3.05, 3.63) is 0 Å². The molecule has 90 valence electrons. The second kappa shape index (κ2) is 4.61. The van der Waals surface area contributed by atoms with Crippen molar-refractivity contribution in [2.24, 2.45) is 5.10 Å². The molecule has 0 aromatic heterocycles. The van der Waals surface area contributed by atoms with Gasteiger partial charge in [0.1, 0.15) is 5.71 Å². The first-order valence-electron chi connectivity index (χ1n) is 5.13. The summed E-state index contributed by atoms with van der Waals surface area (Å²) in [4.78, 5) is 24.2. The highest BCUT2D eigenvalue weighted by Crippen LogP contribution is 2.13. The minimum absolute atomic E-state index is 0.130. The third-order valence-corrected chi connectivity index (χ3v) is 2.75. The molecule has 1 aliphatic rings. The number of nitrogens with one attached hydrogen (secondary N) is 1. The van der Waals surface area contributed by atoms with Gasteiger partial charge in [0.25, 0.3) is 5.91 Å². The van der Waals surface area contributed by atoms with E-state index in [4.69, 9.17) is 5.11 Å². The fraction of sp³-hybridized carbons (Fsp3) is 0.700. The molecule has 2 amide bonds. The lowest BCUT2D eigenvalue weighted by Gasteiger charge is -2.34. The molecular weight excluding hydrogens is 210 g/mol. The van der Waals surface area contributed by atoms with E-state index in [1.54, 1.807) is 20.9 Å². The van der Waals surface area contributed by atoms with Crippen LogP contribution in [0.2, 0.25) is 0 Å². The lowest BCUT2D eigenvalue weighted by atomic mass is 10.0. The highest BCUT2D eigenvalue weighted by atomic mass is 16.3. The van der Waals surface area contributed by atoms with Gasteiger partial charge in [-0.2, -0.15) is 5.10 Å². The molecule has 0 bridgehead atoms. The standard InChI is InChI=1S/C10H17N3O3/c1-10(2,6-14)13(3)9(16)7-4-5-8(15)12-11-7/h14H,4-6H2,1-3H3,(H,12,15). The van der Waals surface area contributed by atoms with Gasteiger partial charge >= 0.3 is 0 Å². The molecule has 0 spiro atoms. The second-order valence-corrected chi connectivity index (χ2v) is 4.43. The highest BCUT2D eigenvalue weighted by Gasteiger charge is 2.30. The smallest absolute Gasteiger partial charge is 0.270 e. The van der Waals surface area contributed by atoms with Crippen molar-refractivity contribution in [2.45, 2.75) is 32.2 Å². The first-order valence-corrected chi connectivity index (χ1v) is 5.13. The van der Waals surface area contributed by atoms with Crippen molar-refractivity contribution < 1.29 is 14.7 Å². The predicted octanol–water partition coefficient (Wildman–Crippen LogP) is -0.518. The first kappa shape index (κ1) is 12.6. The molecule has 16 heavy (non-hydrogen) atoms. The molecular formula is C10H17N3O3. The summed E-state index contributed by atoms with van der Waals surface area (Å²) in [5, 5.41) is 12.9. The van der Waals surface area contributed by atoms with E-state index < -0.39 is 5.54 Å². The van der Waals surface area contributed by atoms with E-state index in [1.165, 1.54) is 4.90 Å². The normalized spacial score (nSPS) is 16.5. The van der Waals surface area contributed by atoms with Crippen LogP contribution in [-0.2, 0) is 9.59 Å². The van der Waals surface area contributed by atoms with Gasteiger partial charge in [0.2, 0.25) is 5.91 Å². The zero-order valence-electron chi connectivity index (χ0n) is 9.78. The van der Waals surface area contributed by atoms with Gasteiger partial charge in [-0.25, -0.2) is 5.43 Å². The fourth-order valence-electron chi connectivity index (χ4n) is 1.20. The lowest BCUT2D eigenvalue weighted by Crippen LogP contribution is -2.51. The number of carbonyl (C=O) groups excluding carboxylic acids is 2. The Morgan fingerprint density at radius 2 is 2.19 bits per heavy atom. The van der Waals surface area contributed by atoms with Crippen LogP contribution in [0.5, 0.6) is 0 Å². The number of hydrogen-bond acceptors (Lipinski definition) is 4. The van der Waals surface area contributed by atoms with Crippen molar-refractivity contribution in [1.82, 2.24) is 10.3 Å². The minimum Gasteiger partial charge on any atom is -0.394 e. The summed E-state index contributed by atoms with van der Waals surface area (Å²) in [6.45, 7) is 3.38. The van der Waals surface area contributed by atoms with Crippen molar-refractivity contribution in [3.8, 4) is 0 Å². The van der Waals surface area contributed by atoms with Crippen LogP contribution in [0, 0.1) is 0 Å². The number of carbonyl (C=O) groups is 2. The molecule has 0 radical (unpaired) electrons. The number of amides is 2. The number of rotatable bonds is 3. The van der Waals surface area contributed by atoms with E-state index in [-0.39, 0.29) is 24.8 Å². The van der Waals surface area contributed by atoms with Gasteiger partial charge in [-0.1, -0.05) is 0 Å². The van der Waals surface area contributed by atoms with Crippen molar-refractivity contribution >= 4 is 17.5 Å². The molecule has 2 N–H and O–H groups in total. The van der Waals surface area contributed by atoms with Crippen LogP contribution >= 0.6 is 0 Å². The van der Waals surface area contributed by atoms with Gasteiger partial charge in [-0.15, -0.1) is 0 Å².